The minimum absolute atomic E-state index is 0.812. The molecule has 0 N–H and O–H groups in total. The van der Waals surface area contributed by atoms with Gasteiger partial charge in [-0.25, -0.2) is 0 Å². The Morgan fingerprint density at radius 1 is 1.54 bits per heavy atom. The first-order valence-corrected chi connectivity index (χ1v) is 6.96. The van der Waals surface area contributed by atoms with Crippen molar-refractivity contribution in [2.75, 3.05) is 14.2 Å². The van der Waals surface area contributed by atoms with E-state index >= 15 is 0 Å². The van der Waals surface area contributed by atoms with Gasteiger partial charge in [0.15, 0.2) is 4.80 Å². The maximum Gasteiger partial charge on any atom is 0.311 e. The Morgan fingerprint density at radius 3 is 2.54 bits per heavy atom. The van der Waals surface area contributed by atoms with Crippen LogP contribution < -0.4 is 4.80 Å². The normalized spacial score (nSPS) is 13.6. The molecular formula is C6H11N2O2PS2. The standard InChI is InChI=1S/C6H11N2O2PS2/c1-8-4-5-13-6(8)7-11(12,9-2)10-3/h4-5H,1-3H3/b7-6-. The second kappa shape index (κ2) is 4.48. The molecule has 0 radical (unpaired) electrons. The Hall–Kier alpha value is -0.0000000000000000208. The van der Waals surface area contributed by atoms with Gasteiger partial charge in [-0.05, 0) is 11.8 Å². The molecule has 0 spiro atoms. The largest absolute Gasteiger partial charge is 0.327 e. The fourth-order valence-corrected chi connectivity index (χ4v) is 2.84. The highest BCUT2D eigenvalue weighted by Gasteiger charge is 2.12. The van der Waals surface area contributed by atoms with Gasteiger partial charge < -0.3 is 13.6 Å². The van der Waals surface area contributed by atoms with Crippen molar-refractivity contribution in [3.05, 3.63) is 16.4 Å². The summed E-state index contributed by atoms with van der Waals surface area (Å²) in [5.74, 6) is 0. The van der Waals surface area contributed by atoms with Crippen molar-refractivity contribution in [1.29, 1.82) is 0 Å². The molecule has 0 aliphatic rings. The van der Waals surface area contributed by atoms with E-state index in [1.165, 1.54) is 25.6 Å². The van der Waals surface area contributed by atoms with Crippen molar-refractivity contribution < 1.29 is 9.05 Å². The second-order valence-electron chi connectivity index (χ2n) is 2.23. The van der Waals surface area contributed by atoms with Gasteiger partial charge in [0.25, 0.3) is 0 Å². The molecule has 0 aromatic carbocycles. The molecule has 0 atom stereocenters. The maximum absolute atomic E-state index is 5.11. The van der Waals surface area contributed by atoms with Crippen LogP contribution in [0.15, 0.2) is 16.3 Å². The summed E-state index contributed by atoms with van der Waals surface area (Å²) < 4.78 is 16.2. The van der Waals surface area contributed by atoms with Crippen LogP contribution in [0.3, 0.4) is 0 Å². The first-order valence-electron chi connectivity index (χ1n) is 3.49. The summed E-state index contributed by atoms with van der Waals surface area (Å²) in [5, 5.41) is 1.93. The Morgan fingerprint density at radius 2 is 2.15 bits per heavy atom. The second-order valence-corrected chi connectivity index (χ2v) is 6.35. The predicted molar refractivity (Wildman–Crippen MR) is 57.2 cm³/mol. The number of hydrogen-bond donors (Lipinski definition) is 0. The number of thiazole rings is 1. The summed E-state index contributed by atoms with van der Waals surface area (Å²) >= 11 is 6.61. The zero-order chi connectivity index (χ0) is 9.90. The Kier molecular flexibility index (Phi) is 3.82. The molecule has 4 nitrogen and oxygen atoms in total. The molecule has 0 bridgehead atoms. The number of nitrogens with zero attached hydrogens (tertiary/aromatic N) is 2. The van der Waals surface area contributed by atoms with E-state index in [-0.39, 0.29) is 0 Å². The van der Waals surface area contributed by atoms with Gasteiger partial charge in [-0.2, -0.15) is 4.76 Å². The van der Waals surface area contributed by atoms with Gasteiger partial charge in [0, 0.05) is 32.8 Å². The van der Waals surface area contributed by atoms with Crippen LogP contribution in [0.1, 0.15) is 0 Å². The fraction of sp³-hybridized carbons (Fsp3) is 0.500. The quantitative estimate of drug-likeness (QED) is 0.749. The highest BCUT2D eigenvalue weighted by Crippen LogP contribution is 2.47. The summed E-state index contributed by atoms with van der Waals surface area (Å²) in [6.07, 6.45) is 1.91. The number of rotatable bonds is 3. The van der Waals surface area contributed by atoms with Crippen LogP contribution in [0.2, 0.25) is 0 Å². The van der Waals surface area contributed by atoms with Crippen molar-refractivity contribution in [2.24, 2.45) is 11.8 Å². The molecule has 74 valence electrons. The van der Waals surface area contributed by atoms with Gasteiger partial charge >= 0.3 is 6.64 Å². The average molecular weight is 238 g/mol. The van der Waals surface area contributed by atoms with Crippen LogP contribution in [0.25, 0.3) is 0 Å². The lowest BCUT2D eigenvalue weighted by atomic mass is 10.9. The molecule has 0 fully saturated rings. The van der Waals surface area contributed by atoms with Crippen molar-refractivity contribution in [1.82, 2.24) is 4.57 Å². The third-order valence-corrected chi connectivity index (χ3v) is 4.91. The van der Waals surface area contributed by atoms with Crippen LogP contribution >= 0.6 is 18.0 Å². The van der Waals surface area contributed by atoms with Gasteiger partial charge in [0.1, 0.15) is 0 Å². The van der Waals surface area contributed by atoms with Gasteiger partial charge in [-0.1, -0.05) is 0 Å². The molecule has 0 saturated heterocycles. The Bertz CT molecular complexity index is 376. The lowest BCUT2D eigenvalue weighted by Gasteiger charge is -2.10. The minimum Gasteiger partial charge on any atom is -0.327 e. The summed E-state index contributed by atoms with van der Waals surface area (Å²) in [6.45, 7) is -2.45. The summed E-state index contributed by atoms with van der Waals surface area (Å²) in [7, 11) is 4.93. The molecule has 0 aliphatic heterocycles. The summed E-state index contributed by atoms with van der Waals surface area (Å²) in [6, 6.07) is 0. The van der Waals surface area contributed by atoms with Crippen LogP contribution in [-0.2, 0) is 27.9 Å². The van der Waals surface area contributed by atoms with E-state index in [2.05, 4.69) is 4.76 Å². The van der Waals surface area contributed by atoms with E-state index in [1.807, 2.05) is 23.2 Å². The molecule has 13 heavy (non-hydrogen) atoms. The lowest BCUT2D eigenvalue weighted by molar-refractivity contribution is 0.337. The van der Waals surface area contributed by atoms with Crippen LogP contribution in [0.4, 0.5) is 0 Å². The fourth-order valence-electron chi connectivity index (χ4n) is 0.685. The van der Waals surface area contributed by atoms with Crippen molar-refractivity contribution >= 4 is 29.8 Å². The Labute approximate surface area is 86.1 Å². The monoisotopic (exact) mass is 238 g/mol. The van der Waals surface area contributed by atoms with E-state index in [0.717, 1.165) is 4.80 Å². The third-order valence-electron chi connectivity index (χ3n) is 1.43. The molecule has 0 aliphatic carbocycles. The van der Waals surface area contributed by atoms with E-state index in [4.69, 9.17) is 20.9 Å². The van der Waals surface area contributed by atoms with E-state index in [1.54, 1.807) is 0 Å². The van der Waals surface area contributed by atoms with Crippen molar-refractivity contribution in [3.8, 4) is 0 Å². The van der Waals surface area contributed by atoms with Crippen LogP contribution in [0.5, 0.6) is 0 Å². The molecule has 1 aromatic rings. The van der Waals surface area contributed by atoms with Gasteiger partial charge in [0.05, 0.1) is 0 Å². The van der Waals surface area contributed by atoms with Gasteiger partial charge in [-0.3, -0.25) is 0 Å². The molecule has 7 heteroatoms. The average Bonchev–Trinajstić information content (AvgIpc) is 2.52. The van der Waals surface area contributed by atoms with Crippen molar-refractivity contribution in [2.45, 2.75) is 0 Å². The molecule has 0 unspecified atom stereocenters. The smallest absolute Gasteiger partial charge is 0.311 e. The Balaban J connectivity index is 3.14. The molecule has 0 amide bonds. The number of aromatic nitrogens is 1. The molecule has 1 rings (SSSR count). The van der Waals surface area contributed by atoms with E-state index in [9.17, 15) is 0 Å². The number of aryl methyl sites for hydroxylation is 1. The first kappa shape index (κ1) is 11.1. The third kappa shape index (κ3) is 2.72. The topological polar surface area (TPSA) is 35.8 Å². The highest BCUT2D eigenvalue weighted by atomic mass is 32.5. The zero-order valence-electron chi connectivity index (χ0n) is 7.63. The predicted octanol–water partition coefficient (Wildman–Crippen LogP) is 1.50. The van der Waals surface area contributed by atoms with Gasteiger partial charge in [-0.15, -0.1) is 11.3 Å². The summed E-state index contributed by atoms with van der Waals surface area (Å²) in [4.78, 5) is 0.812. The SMILES string of the molecule is COP(=S)(/N=c1\sccn1C)OC. The van der Waals surface area contributed by atoms with E-state index < -0.39 is 6.64 Å². The molecule has 1 aromatic heterocycles. The number of hydrogen-bond acceptors (Lipinski definition) is 4. The van der Waals surface area contributed by atoms with Crippen LogP contribution in [-0.4, -0.2) is 18.8 Å². The molecule has 0 saturated carbocycles. The zero-order valence-corrected chi connectivity index (χ0v) is 10.2. The maximum atomic E-state index is 5.11. The van der Waals surface area contributed by atoms with Gasteiger partial charge in [0.2, 0.25) is 0 Å². The first-order chi connectivity index (χ1) is 6.11. The van der Waals surface area contributed by atoms with Crippen molar-refractivity contribution in [3.63, 3.8) is 0 Å². The summed E-state index contributed by atoms with van der Waals surface area (Å²) in [5.41, 5.74) is 0. The van der Waals surface area contributed by atoms with E-state index in [0.29, 0.717) is 0 Å². The highest BCUT2D eigenvalue weighted by molar-refractivity contribution is 8.09. The lowest BCUT2D eigenvalue weighted by Crippen LogP contribution is -2.09. The minimum atomic E-state index is -2.45. The molecule has 1 heterocycles. The molecular weight excluding hydrogens is 227 g/mol. The van der Waals surface area contributed by atoms with Crippen LogP contribution in [0, 0.1) is 0 Å².